The van der Waals surface area contributed by atoms with Gasteiger partial charge >= 0.3 is 0 Å². The molecule has 0 bridgehead atoms. The van der Waals surface area contributed by atoms with Crippen molar-refractivity contribution in [3.05, 3.63) is 35.9 Å². The second-order valence-corrected chi connectivity index (χ2v) is 8.65. The van der Waals surface area contributed by atoms with E-state index in [4.69, 9.17) is 4.74 Å². The first-order chi connectivity index (χ1) is 12.3. The van der Waals surface area contributed by atoms with E-state index in [0.717, 1.165) is 19.3 Å². The van der Waals surface area contributed by atoms with Gasteiger partial charge in [0, 0.05) is 12.5 Å². The molecule has 0 radical (unpaired) electrons. The summed E-state index contributed by atoms with van der Waals surface area (Å²) in [6, 6.07) is 10.2. The molecule has 3 nitrogen and oxygen atoms in total. The molecule has 3 heteroatoms. The zero-order chi connectivity index (χ0) is 19.5. The van der Waals surface area contributed by atoms with E-state index in [0.29, 0.717) is 31.0 Å². The number of benzene rings is 1. The molecule has 0 aliphatic carbocycles. The van der Waals surface area contributed by atoms with Gasteiger partial charge in [-0.05, 0) is 48.5 Å². The lowest BCUT2D eigenvalue weighted by atomic mass is 9.82. The minimum absolute atomic E-state index is 0.132. The van der Waals surface area contributed by atoms with Gasteiger partial charge in [0.1, 0.15) is 0 Å². The molecule has 150 valence electrons. The molecule has 0 fully saturated rings. The van der Waals surface area contributed by atoms with Gasteiger partial charge in [0.15, 0.2) is 0 Å². The van der Waals surface area contributed by atoms with Crippen LogP contribution in [0.15, 0.2) is 30.3 Å². The highest BCUT2D eigenvalue weighted by Gasteiger charge is 2.24. The molecule has 0 spiro atoms. The van der Waals surface area contributed by atoms with Crippen LogP contribution in [0.3, 0.4) is 0 Å². The SMILES string of the molecule is C[C@@H](C[C@@H](C)C[C@@H](C)[C@@H](O)[C@H](C)COCc1ccccc1)C[C@@H](C)CO. The largest absolute Gasteiger partial charge is 0.396 e. The van der Waals surface area contributed by atoms with Gasteiger partial charge < -0.3 is 14.9 Å². The van der Waals surface area contributed by atoms with Crippen LogP contribution in [-0.2, 0) is 11.3 Å². The molecule has 2 N–H and O–H groups in total. The number of aliphatic hydroxyl groups excluding tert-OH is 2. The van der Waals surface area contributed by atoms with Crippen LogP contribution in [0.4, 0.5) is 0 Å². The Morgan fingerprint density at radius 2 is 1.38 bits per heavy atom. The van der Waals surface area contributed by atoms with Crippen LogP contribution < -0.4 is 0 Å². The topological polar surface area (TPSA) is 49.7 Å². The molecule has 1 rings (SSSR count). The highest BCUT2D eigenvalue weighted by molar-refractivity contribution is 5.13. The third kappa shape index (κ3) is 9.16. The van der Waals surface area contributed by atoms with Crippen LogP contribution >= 0.6 is 0 Å². The Kier molecular flexibility index (Phi) is 11.1. The fourth-order valence-electron chi connectivity index (χ4n) is 4.01. The summed E-state index contributed by atoms with van der Waals surface area (Å²) < 4.78 is 5.79. The van der Waals surface area contributed by atoms with Gasteiger partial charge in [-0.3, -0.25) is 0 Å². The normalized spacial score (nSPS) is 18.7. The lowest BCUT2D eigenvalue weighted by Crippen LogP contribution is -2.30. The quantitative estimate of drug-likeness (QED) is 0.523. The van der Waals surface area contributed by atoms with Crippen LogP contribution in [0.5, 0.6) is 0 Å². The maximum atomic E-state index is 10.6. The maximum absolute atomic E-state index is 10.6. The lowest BCUT2D eigenvalue weighted by Gasteiger charge is -2.28. The zero-order valence-electron chi connectivity index (χ0n) is 17.4. The predicted octanol–water partition coefficient (Wildman–Crippen LogP) is 4.91. The molecule has 0 saturated heterocycles. The molecule has 0 unspecified atom stereocenters. The first kappa shape index (κ1) is 23.1. The van der Waals surface area contributed by atoms with Crippen molar-refractivity contribution in [1.82, 2.24) is 0 Å². The van der Waals surface area contributed by atoms with Gasteiger partial charge in [-0.15, -0.1) is 0 Å². The molecular weight excluding hydrogens is 324 g/mol. The van der Waals surface area contributed by atoms with E-state index in [1.807, 2.05) is 18.2 Å². The van der Waals surface area contributed by atoms with Gasteiger partial charge in [-0.25, -0.2) is 0 Å². The summed E-state index contributed by atoms with van der Waals surface area (Å²) in [5.41, 5.74) is 1.17. The molecule has 0 aliphatic heterocycles. The Balaban J connectivity index is 2.30. The van der Waals surface area contributed by atoms with Crippen LogP contribution in [0.2, 0.25) is 0 Å². The van der Waals surface area contributed by atoms with Crippen LogP contribution in [0.1, 0.15) is 59.4 Å². The minimum Gasteiger partial charge on any atom is -0.396 e. The summed E-state index contributed by atoms with van der Waals surface area (Å²) in [6.07, 6.45) is 2.92. The number of hydrogen-bond donors (Lipinski definition) is 2. The van der Waals surface area contributed by atoms with Crippen molar-refractivity contribution in [3.63, 3.8) is 0 Å². The third-order valence-corrected chi connectivity index (χ3v) is 5.35. The van der Waals surface area contributed by atoms with E-state index in [1.165, 1.54) is 5.56 Å². The molecule has 0 aliphatic rings. The van der Waals surface area contributed by atoms with Crippen molar-refractivity contribution in [3.8, 4) is 0 Å². The van der Waals surface area contributed by atoms with Crippen molar-refractivity contribution < 1.29 is 14.9 Å². The summed E-state index contributed by atoms with van der Waals surface area (Å²) in [4.78, 5) is 0. The second-order valence-electron chi connectivity index (χ2n) is 8.65. The Hall–Kier alpha value is -0.900. The molecule has 1 aromatic carbocycles. The van der Waals surface area contributed by atoms with Crippen LogP contribution in [0.25, 0.3) is 0 Å². The standard InChI is InChI=1S/C23H40O3/c1-17(12-19(3)14-24)11-18(2)13-20(4)23(25)21(5)15-26-16-22-9-7-6-8-10-22/h6-10,17-21,23-25H,11-16H2,1-5H3/t17-,18+,19+,20+,21+,23+/m0/s1. The summed E-state index contributed by atoms with van der Waals surface area (Å²) in [5.74, 6) is 1.97. The summed E-state index contributed by atoms with van der Waals surface area (Å²) >= 11 is 0. The molecular formula is C23H40O3. The number of aliphatic hydroxyl groups is 2. The van der Waals surface area contributed by atoms with Gasteiger partial charge in [-0.2, -0.15) is 0 Å². The maximum Gasteiger partial charge on any atom is 0.0717 e. The van der Waals surface area contributed by atoms with Gasteiger partial charge in [0.25, 0.3) is 0 Å². The molecule has 0 heterocycles. The van der Waals surface area contributed by atoms with Crippen LogP contribution in [-0.4, -0.2) is 29.5 Å². The summed E-state index contributed by atoms with van der Waals surface area (Å²) in [5, 5.41) is 19.8. The van der Waals surface area contributed by atoms with E-state index in [-0.39, 0.29) is 24.5 Å². The van der Waals surface area contributed by atoms with Crippen molar-refractivity contribution in [2.75, 3.05) is 13.2 Å². The highest BCUT2D eigenvalue weighted by atomic mass is 16.5. The van der Waals surface area contributed by atoms with E-state index in [2.05, 4.69) is 46.8 Å². The average Bonchev–Trinajstić information content (AvgIpc) is 2.61. The smallest absolute Gasteiger partial charge is 0.0717 e. The Labute approximate surface area is 160 Å². The molecule has 26 heavy (non-hydrogen) atoms. The lowest BCUT2D eigenvalue weighted by molar-refractivity contribution is -0.00156. The fraction of sp³-hybridized carbons (Fsp3) is 0.739. The monoisotopic (exact) mass is 364 g/mol. The number of rotatable bonds is 13. The zero-order valence-corrected chi connectivity index (χ0v) is 17.4. The Bertz CT molecular complexity index is 462. The van der Waals surface area contributed by atoms with Crippen molar-refractivity contribution in [1.29, 1.82) is 0 Å². The average molecular weight is 365 g/mol. The third-order valence-electron chi connectivity index (χ3n) is 5.35. The minimum atomic E-state index is -0.333. The van der Waals surface area contributed by atoms with Gasteiger partial charge in [0.2, 0.25) is 0 Å². The molecule has 0 saturated carbocycles. The van der Waals surface area contributed by atoms with Crippen molar-refractivity contribution in [2.24, 2.45) is 29.6 Å². The van der Waals surface area contributed by atoms with Gasteiger partial charge in [0.05, 0.1) is 19.3 Å². The second kappa shape index (κ2) is 12.5. The summed E-state index contributed by atoms with van der Waals surface area (Å²) in [7, 11) is 0. The molecule has 1 aromatic rings. The number of hydrogen-bond acceptors (Lipinski definition) is 3. The predicted molar refractivity (Wildman–Crippen MR) is 109 cm³/mol. The Morgan fingerprint density at radius 3 is 2.00 bits per heavy atom. The first-order valence-electron chi connectivity index (χ1n) is 10.2. The molecule has 0 amide bonds. The van der Waals surface area contributed by atoms with E-state index >= 15 is 0 Å². The van der Waals surface area contributed by atoms with Crippen LogP contribution in [0, 0.1) is 29.6 Å². The fourth-order valence-corrected chi connectivity index (χ4v) is 4.01. The van der Waals surface area contributed by atoms with E-state index in [1.54, 1.807) is 0 Å². The van der Waals surface area contributed by atoms with Crippen molar-refractivity contribution in [2.45, 2.75) is 66.6 Å². The van der Waals surface area contributed by atoms with E-state index < -0.39 is 0 Å². The molecule has 0 aromatic heterocycles. The molecule has 6 atom stereocenters. The highest BCUT2D eigenvalue weighted by Crippen LogP contribution is 2.27. The Morgan fingerprint density at radius 1 is 0.808 bits per heavy atom. The van der Waals surface area contributed by atoms with Crippen molar-refractivity contribution >= 4 is 0 Å². The first-order valence-corrected chi connectivity index (χ1v) is 10.2. The summed E-state index contributed by atoms with van der Waals surface area (Å²) in [6.45, 7) is 12.3. The van der Waals surface area contributed by atoms with Gasteiger partial charge in [-0.1, -0.05) is 65.0 Å². The van der Waals surface area contributed by atoms with E-state index in [9.17, 15) is 10.2 Å². The number of ether oxygens (including phenoxy) is 1.